The number of rotatable bonds is 4. The molecule has 0 fully saturated rings. The molecule has 23 heavy (non-hydrogen) atoms. The zero-order valence-electron chi connectivity index (χ0n) is 11.3. The lowest BCUT2D eigenvalue weighted by atomic mass is 10.2. The standard InChI is InChI=1S/C14H9BrClF3N2O2/c15-11-5-9(7-20-12(11)16)13(22)21-6-8-2-1-3-10(4-8)23-14(17,18)19/h1-5,7H,6H2,(H,21,22). The van der Waals surface area contributed by atoms with Gasteiger partial charge in [-0.05, 0) is 39.7 Å². The summed E-state index contributed by atoms with van der Waals surface area (Å²) in [5.74, 6) is -0.780. The zero-order chi connectivity index (χ0) is 17.0. The molecule has 4 nitrogen and oxygen atoms in total. The maximum Gasteiger partial charge on any atom is 0.573 e. The molecule has 0 unspecified atom stereocenters. The van der Waals surface area contributed by atoms with Gasteiger partial charge in [0.05, 0.1) is 10.0 Å². The highest BCUT2D eigenvalue weighted by molar-refractivity contribution is 9.10. The Morgan fingerprint density at radius 3 is 2.74 bits per heavy atom. The molecule has 0 spiro atoms. The van der Waals surface area contributed by atoms with Gasteiger partial charge in [0.2, 0.25) is 0 Å². The first-order valence-electron chi connectivity index (χ1n) is 6.18. The fraction of sp³-hybridized carbons (Fsp3) is 0.143. The molecule has 0 aliphatic heterocycles. The van der Waals surface area contributed by atoms with Crippen molar-refractivity contribution in [1.82, 2.24) is 10.3 Å². The summed E-state index contributed by atoms with van der Waals surface area (Å²) in [5, 5.41) is 2.79. The third-order valence-corrected chi connectivity index (χ3v) is 3.78. The molecule has 1 N–H and O–H groups in total. The summed E-state index contributed by atoms with van der Waals surface area (Å²) in [6.45, 7) is 0.0358. The number of nitrogens with zero attached hydrogens (tertiary/aromatic N) is 1. The number of carbonyl (C=O) groups is 1. The topological polar surface area (TPSA) is 51.2 Å². The normalized spacial score (nSPS) is 11.2. The predicted molar refractivity (Wildman–Crippen MR) is 81.2 cm³/mol. The second-order valence-electron chi connectivity index (χ2n) is 4.37. The highest BCUT2D eigenvalue weighted by Gasteiger charge is 2.31. The molecule has 1 aromatic heterocycles. The second-order valence-corrected chi connectivity index (χ2v) is 5.59. The van der Waals surface area contributed by atoms with Crippen molar-refractivity contribution < 1.29 is 22.7 Å². The van der Waals surface area contributed by atoms with E-state index in [1.165, 1.54) is 30.5 Å². The monoisotopic (exact) mass is 408 g/mol. The summed E-state index contributed by atoms with van der Waals surface area (Å²) >= 11 is 8.88. The van der Waals surface area contributed by atoms with Crippen LogP contribution < -0.4 is 10.1 Å². The molecule has 1 heterocycles. The van der Waals surface area contributed by atoms with Crippen molar-refractivity contribution >= 4 is 33.4 Å². The first-order valence-corrected chi connectivity index (χ1v) is 7.35. The molecule has 9 heteroatoms. The maximum atomic E-state index is 12.2. The third-order valence-electron chi connectivity index (χ3n) is 2.64. The minimum Gasteiger partial charge on any atom is -0.406 e. The van der Waals surface area contributed by atoms with E-state index >= 15 is 0 Å². The minimum atomic E-state index is -4.76. The van der Waals surface area contributed by atoms with Gasteiger partial charge >= 0.3 is 6.36 Å². The fourth-order valence-corrected chi connectivity index (χ4v) is 2.13. The summed E-state index contributed by atoms with van der Waals surface area (Å²) in [6.07, 6.45) is -3.46. The van der Waals surface area contributed by atoms with Crippen LogP contribution in [-0.4, -0.2) is 17.3 Å². The number of pyridine rings is 1. The molecule has 0 saturated carbocycles. The second kappa shape index (κ2) is 7.18. The van der Waals surface area contributed by atoms with E-state index in [2.05, 4.69) is 31.0 Å². The lowest BCUT2D eigenvalue weighted by molar-refractivity contribution is -0.274. The van der Waals surface area contributed by atoms with E-state index in [9.17, 15) is 18.0 Å². The molecular weight excluding hydrogens is 401 g/mol. The molecule has 122 valence electrons. The van der Waals surface area contributed by atoms with E-state index in [1.54, 1.807) is 6.07 Å². The Labute approximate surface area is 142 Å². The molecule has 0 bridgehead atoms. The van der Waals surface area contributed by atoms with Crippen LogP contribution in [0.1, 0.15) is 15.9 Å². The van der Waals surface area contributed by atoms with Crippen LogP contribution in [0.5, 0.6) is 5.75 Å². The first-order chi connectivity index (χ1) is 10.7. The molecule has 0 radical (unpaired) electrons. The van der Waals surface area contributed by atoms with Gasteiger partial charge in [-0.3, -0.25) is 4.79 Å². The van der Waals surface area contributed by atoms with Gasteiger partial charge in [-0.1, -0.05) is 23.7 Å². The highest BCUT2D eigenvalue weighted by atomic mass is 79.9. The van der Waals surface area contributed by atoms with Crippen LogP contribution in [0.15, 0.2) is 41.0 Å². The van der Waals surface area contributed by atoms with Crippen molar-refractivity contribution in [3.05, 3.63) is 57.3 Å². The summed E-state index contributed by atoms with van der Waals surface area (Å²) in [6, 6.07) is 6.85. The van der Waals surface area contributed by atoms with Gasteiger partial charge < -0.3 is 10.1 Å². The zero-order valence-corrected chi connectivity index (χ0v) is 13.7. The van der Waals surface area contributed by atoms with Crippen molar-refractivity contribution in [2.24, 2.45) is 0 Å². The summed E-state index contributed by atoms with van der Waals surface area (Å²) in [5.41, 5.74) is 0.727. The van der Waals surface area contributed by atoms with Crippen LogP contribution in [0.4, 0.5) is 13.2 Å². The Kier molecular flexibility index (Phi) is 5.48. The Morgan fingerprint density at radius 2 is 2.09 bits per heavy atom. The van der Waals surface area contributed by atoms with E-state index in [0.717, 1.165) is 0 Å². The largest absolute Gasteiger partial charge is 0.573 e. The van der Waals surface area contributed by atoms with Crippen LogP contribution in [-0.2, 0) is 6.54 Å². The Bertz CT molecular complexity index is 725. The van der Waals surface area contributed by atoms with Gasteiger partial charge in [0, 0.05) is 12.7 Å². The van der Waals surface area contributed by atoms with E-state index in [4.69, 9.17) is 11.6 Å². The molecule has 0 saturated heterocycles. The number of aromatic nitrogens is 1. The first kappa shape index (κ1) is 17.6. The van der Waals surface area contributed by atoms with Gasteiger partial charge in [0.15, 0.2) is 0 Å². The van der Waals surface area contributed by atoms with Crippen molar-refractivity contribution in [1.29, 1.82) is 0 Å². The molecule has 1 amide bonds. The lowest BCUT2D eigenvalue weighted by Gasteiger charge is -2.10. The molecule has 2 aromatic rings. The van der Waals surface area contributed by atoms with Crippen LogP contribution in [0, 0.1) is 0 Å². The van der Waals surface area contributed by atoms with Crippen molar-refractivity contribution in [3.63, 3.8) is 0 Å². The average Bonchev–Trinajstić information content (AvgIpc) is 2.46. The van der Waals surface area contributed by atoms with E-state index < -0.39 is 12.3 Å². The van der Waals surface area contributed by atoms with Gasteiger partial charge in [-0.25, -0.2) is 4.98 Å². The SMILES string of the molecule is O=C(NCc1cccc(OC(F)(F)F)c1)c1cnc(Cl)c(Br)c1. The number of nitrogens with one attached hydrogen (secondary N) is 1. The number of amides is 1. The lowest BCUT2D eigenvalue weighted by Crippen LogP contribution is -2.23. The quantitative estimate of drug-likeness (QED) is 0.765. The van der Waals surface area contributed by atoms with E-state index in [0.29, 0.717) is 10.0 Å². The van der Waals surface area contributed by atoms with Gasteiger partial charge in [-0.15, -0.1) is 13.2 Å². The number of hydrogen-bond acceptors (Lipinski definition) is 3. The number of carbonyl (C=O) groups excluding carboxylic acids is 1. The molecule has 0 aliphatic carbocycles. The Hall–Kier alpha value is -1.80. The summed E-state index contributed by atoms with van der Waals surface area (Å²) < 4.78 is 40.8. The highest BCUT2D eigenvalue weighted by Crippen LogP contribution is 2.23. The van der Waals surface area contributed by atoms with Crippen LogP contribution in [0.2, 0.25) is 5.15 Å². The number of halogens is 5. The number of benzene rings is 1. The average molecular weight is 410 g/mol. The van der Waals surface area contributed by atoms with Gasteiger partial charge in [-0.2, -0.15) is 0 Å². The Morgan fingerprint density at radius 1 is 1.35 bits per heavy atom. The van der Waals surface area contributed by atoms with Crippen LogP contribution in [0.3, 0.4) is 0 Å². The van der Waals surface area contributed by atoms with Crippen LogP contribution >= 0.6 is 27.5 Å². The summed E-state index contributed by atoms with van der Waals surface area (Å²) in [4.78, 5) is 15.8. The molecule has 0 atom stereocenters. The third kappa shape index (κ3) is 5.40. The van der Waals surface area contributed by atoms with Crippen LogP contribution in [0.25, 0.3) is 0 Å². The number of hydrogen-bond donors (Lipinski definition) is 1. The van der Waals surface area contributed by atoms with Gasteiger partial charge in [0.1, 0.15) is 10.9 Å². The fourth-order valence-electron chi connectivity index (χ4n) is 1.68. The van der Waals surface area contributed by atoms with Crippen molar-refractivity contribution in [2.75, 3.05) is 0 Å². The number of alkyl halides is 3. The smallest absolute Gasteiger partial charge is 0.406 e. The molecule has 1 aromatic carbocycles. The molecular formula is C14H9BrClF3N2O2. The van der Waals surface area contributed by atoms with Crippen molar-refractivity contribution in [2.45, 2.75) is 12.9 Å². The maximum absolute atomic E-state index is 12.2. The van der Waals surface area contributed by atoms with E-state index in [1.807, 2.05) is 0 Å². The van der Waals surface area contributed by atoms with Gasteiger partial charge in [0.25, 0.3) is 5.91 Å². The number of ether oxygens (including phenoxy) is 1. The molecule has 0 aliphatic rings. The summed E-state index contributed by atoms with van der Waals surface area (Å²) in [7, 11) is 0. The molecule has 2 rings (SSSR count). The Balaban J connectivity index is 2.01. The van der Waals surface area contributed by atoms with E-state index in [-0.39, 0.29) is 23.0 Å². The minimum absolute atomic E-state index is 0.0358. The predicted octanol–water partition coefficient (Wildman–Crippen LogP) is 4.33. The van der Waals surface area contributed by atoms with Crippen molar-refractivity contribution in [3.8, 4) is 5.75 Å².